The van der Waals surface area contributed by atoms with Gasteiger partial charge in [-0.25, -0.2) is 0 Å². The zero-order valence-electron chi connectivity index (χ0n) is 9.54. The molecule has 2 rings (SSSR count). The Bertz CT molecular complexity index is 466. The fraction of sp³-hybridized carbons (Fsp3) is 0.417. The van der Waals surface area contributed by atoms with Gasteiger partial charge < -0.3 is 9.94 Å². The zero-order chi connectivity index (χ0) is 11.9. The molecule has 3 nitrogen and oxygen atoms in total. The first-order valence-corrected chi connectivity index (χ1v) is 5.93. The van der Waals surface area contributed by atoms with Gasteiger partial charge in [0.05, 0.1) is 5.71 Å². The fourth-order valence-corrected chi connectivity index (χ4v) is 2.22. The van der Waals surface area contributed by atoms with Gasteiger partial charge in [-0.1, -0.05) is 21.1 Å². The molecule has 0 aromatic heterocycles. The summed E-state index contributed by atoms with van der Waals surface area (Å²) in [4.78, 5) is 0. The van der Waals surface area contributed by atoms with Crippen molar-refractivity contribution in [1.29, 1.82) is 0 Å². The first-order valence-electron chi connectivity index (χ1n) is 5.13. The lowest BCUT2D eigenvalue weighted by Gasteiger charge is -2.33. The topological polar surface area (TPSA) is 41.8 Å². The van der Waals surface area contributed by atoms with Crippen molar-refractivity contribution in [2.24, 2.45) is 5.16 Å². The van der Waals surface area contributed by atoms with E-state index >= 15 is 0 Å². The van der Waals surface area contributed by atoms with Gasteiger partial charge in [0.2, 0.25) is 0 Å². The van der Waals surface area contributed by atoms with E-state index in [0.717, 1.165) is 21.3 Å². The molecule has 0 bridgehead atoms. The van der Waals surface area contributed by atoms with Crippen LogP contribution in [-0.2, 0) is 0 Å². The maximum Gasteiger partial charge on any atom is 0.130 e. The minimum absolute atomic E-state index is 0.330. The van der Waals surface area contributed by atoms with E-state index in [1.807, 2.05) is 32.9 Å². The van der Waals surface area contributed by atoms with Crippen LogP contribution in [0.25, 0.3) is 0 Å². The van der Waals surface area contributed by atoms with Crippen LogP contribution >= 0.6 is 15.9 Å². The number of hydrogen-bond donors (Lipinski definition) is 1. The van der Waals surface area contributed by atoms with Crippen molar-refractivity contribution in [2.45, 2.75) is 32.8 Å². The van der Waals surface area contributed by atoms with Crippen molar-refractivity contribution in [3.05, 3.63) is 27.7 Å². The number of oxime groups is 1. The molecule has 0 radical (unpaired) electrons. The monoisotopic (exact) mass is 283 g/mol. The standard InChI is InChI=1S/C12H14BrNO2/c1-7-4-8-10(14-15)6-12(2,3)16-11(8)5-9(7)13/h4-5,15H,6H2,1-3H3. The Morgan fingerprint density at radius 2 is 2.12 bits per heavy atom. The van der Waals surface area contributed by atoms with E-state index in [2.05, 4.69) is 21.1 Å². The van der Waals surface area contributed by atoms with Crippen LogP contribution < -0.4 is 4.74 Å². The van der Waals surface area contributed by atoms with Crippen molar-refractivity contribution in [2.75, 3.05) is 0 Å². The second-order valence-corrected chi connectivity index (χ2v) is 5.54. The number of rotatable bonds is 0. The Hall–Kier alpha value is -1.03. The molecule has 4 heteroatoms. The molecular weight excluding hydrogens is 270 g/mol. The third-order valence-corrected chi connectivity index (χ3v) is 3.53. The molecule has 1 aliphatic heterocycles. The van der Waals surface area contributed by atoms with Crippen molar-refractivity contribution in [3.8, 4) is 5.75 Å². The second kappa shape index (κ2) is 3.77. The highest BCUT2D eigenvalue weighted by atomic mass is 79.9. The van der Waals surface area contributed by atoms with Crippen molar-refractivity contribution < 1.29 is 9.94 Å². The van der Waals surface area contributed by atoms with Gasteiger partial charge in [-0.2, -0.15) is 0 Å². The number of halogens is 1. The van der Waals surface area contributed by atoms with E-state index in [-0.39, 0.29) is 5.60 Å². The maximum absolute atomic E-state index is 9.05. The minimum atomic E-state index is -0.330. The Morgan fingerprint density at radius 3 is 2.75 bits per heavy atom. The summed E-state index contributed by atoms with van der Waals surface area (Å²) in [5.74, 6) is 0.765. The molecule has 1 aromatic carbocycles. The predicted octanol–water partition coefficient (Wildman–Crippen LogP) is 3.50. The average molecular weight is 284 g/mol. The van der Waals surface area contributed by atoms with Crippen LogP contribution in [0.3, 0.4) is 0 Å². The summed E-state index contributed by atoms with van der Waals surface area (Å²) >= 11 is 3.47. The lowest BCUT2D eigenvalue weighted by atomic mass is 9.92. The number of ether oxygens (including phenoxy) is 1. The third kappa shape index (κ3) is 1.94. The van der Waals surface area contributed by atoms with Crippen LogP contribution in [0.5, 0.6) is 5.75 Å². The molecule has 1 aliphatic rings. The third-order valence-electron chi connectivity index (χ3n) is 2.67. The SMILES string of the molecule is Cc1cc2c(cc1Br)OC(C)(C)CC2=NO. The molecule has 1 heterocycles. The summed E-state index contributed by atoms with van der Waals surface area (Å²) in [6, 6.07) is 3.90. The van der Waals surface area contributed by atoms with Gasteiger partial charge >= 0.3 is 0 Å². The summed E-state index contributed by atoms with van der Waals surface area (Å²) < 4.78 is 6.87. The van der Waals surface area contributed by atoms with E-state index in [1.165, 1.54) is 0 Å². The Balaban J connectivity index is 2.60. The van der Waals surface area contributed by atoms with Gasteiger partial charge in [0.1, 0.15) is 11.4 Å². The van der Waals surface area contributed by atoms with Crippen LogP contribution in [0.15, 0.2) is 21.8 Å². The normalized spacial score (nSPS) is 20.4. The second-order valence-electron chi connectivity index (χ2n) is 4.68. The molecule has 0 atom stereocenters. The summed E-state index contributed by atoms with van der Waals surface area (Å²) in [5, 5.41) is 12.4. The molecule has 1 aromatic rings. The van der Waals surface area contributed by atoms with Gasteiger partial charge in [-0.05, 0) is 38.5 Å². The van der Waals surface area contributed by atoms with Crippen molar-refractivity contribution in [3.63, 3.8) is 0 Å². The maximum atomic E-state index is 9.05. The number of hydrogen-bond acceptors (Lipinski definition) is 3. The minimum Gasteiger partial charge on any atom is -0.487 e. The lowest BCUT2D eigenvalue weighted by molar-refractivity contribution is 0.109. The number of benzene rings is 1. The quantitative estimate of drug-likeness (QED) is 0.585. The summed E-state index contributed by atoms with van der Waals surface area (Å²) in [5.41, 5.74) is 2.33. The first kappa shape index (κ1) is 11.5. The molecule has 0 spiro atoms. The smallest absolute Gasteiger partial charge is 0.130 e. The Morgan fingerprint density at radius 1 is 1.44 bits per heavy atom. The van der Waals surface area contributed by atoms with Gasteiger partial charge in [0.25, 0.3) is 0 Å². The molecule has 1 N–H and O–H groups in total. The largest absolute Gasteiger partial charge is 0.487 e. The van der Waals surface area contributed by atoms with Crippen LogP contribution in [0.4, 0.5) is 0 Å². The molecule has 0 fully saturated rings. The Labute approximate surface area is 103 Å². The van der Waals surface area contributed by atoms with Gasteiger partial charge in [0, 0.05) is 16.5 Å². The van der Waals surface area contributed by atoms with E-state index in [1.54, 1.807) is 0 Å². The van der Waals surface area contributed by atoms with Crippen LogP contribution in [-0.4, -0.2) is 16.5 Å². The van der Waals surface area contributed by atoms with Crippen molar-refractivity contribution in [1.82, 2.24) is 0 Å². The van der Waals surface area contributed by atoms with E-state index in [4.69, 9.17) is 9.94 Å². The van der Waals surface area contributed by atoms with Crippen molar-refractivity contribution >= 4 is 21.6 Å². The summed E-state index contributed by atoms with van der Waals surface area (Å²) in [6.07, 6.45) is 0.609. The van der Waals surface area contributed by atoms with Crippen LogP contribution in [0.2, 0.25) is 0 Å². The number of fused-ring (bicyclic) bond motifs is 1. The molecule has 0 saturated heterocycles. The van der Waals surface area contributed by atoms with Gasteiger partial charge in [-0.3, -0.25) is 0 Å². The van der Waals surface area contributed by atoms with Gasteiger partial charge in [0.15, 0.2) is 0 Å². The fourth-order valence-electron chi connectivity index (χ4n) is 1.89. The molecular formula is C12H14BrNO2. The van der Waals surface area contributed by atoms with Gasteiger partial charge in [-0.15, -0.1) is 0 Å². The predicted molar refractivity (Wildman–Crippen MR) is 66.5 cm³/mol. The zero-order valence-corrected chi connectivity index (χ0v) is 11.1. The molecule has 0 saturated carbocycles. The molecule has 16 heavy (non-hydrogen) atoms. The van der Waals surface area contributed by atoms with E-state index in [0.29, 0.717) is 12.1 Å². The summed E-state index contributed by atoms with van der Waals surface area (Å²) in [6.45, 7) is 5.96. The molecule has 86 valence electrons. The highest BCUT2D eigenvalue weighted by Crippen LogP contribution is 2.36. The first-order chi connectivity index (χ1) is 7.43. The number of aryl methyl sites for hydroxylation is 1. The molecule has 0 unspecified atom stereocenters. The summed E-state index contributed by atoms with van der Waals surface area (Å²) in [7, 11) is 0. The van der Waals surface area contributed by atoms with Crippen LogP contribution in [0, 0.1) is 6.92 Å². The Kier molecular flexibility index (Phi) is 2.70. The van der Waals surface area contributed by atoms with Crippen LogP contribution in [0.1, 0.15) is 31.4 Å². The highest BCUT2D eigenvalue weighted by Gasteiger charge is 2.31. The highest BCUT2D eigenvalue weighted by molar-refractivity contribution is 9.10. The van der Waals surface area contributed by atoms with E-state index in [9.17, 15) is 0 Å². The van der Waals surface area contributed by atoms with E-state index < -0.39 is 0 Å². The molecule has 0 aliphatic carbocycles. The molecule has 0 amide bonds. The number of nitrogens with zero attached hydrogens (tertiary/aromatic N) is 1. The lowest BCUT2D eigenvalue weighted by Crippen LogP contribution is -2.36. The average Bonchev–Trinajstić information content (AvgIpc) is 2.18.